The van der Waals surface area contributed by atoms with E-state index >= 15 is 0 Å². The van der Waals surface area contributed by atoms with Crippen molar-refractivity contribution >= 4 is 0 Å². The van der Waals surface area contributed by atoms with Crippen LogP contribution >= 0.6 is 0 Å². The van der Waals surface area contributed by atoms with Gasteiger partial charge in [-0.1, -0.05) is 5.92 Å². The molecule has 0 aromatic heterocycles. The van der Waals surface area contributed by atoms with Gasteiger partial charge in [-0.25, -0.2) is 0 Å². The third kappa shape index (κ3) is 5.23. The van der Waals surface area contributed by atoms with Crippen LogP contribution in [0.5, 0.6) is 0 Å². The number of aliphatic hydroxyl groups is 1. The van der Waals surface area contributed by atoms with Crippen LogP contribution in [0.4, 0.5) is 0 Å². The van der Waals surface area contributed by atoms with Crippen LogP contribution in [0.15, 0.2) is 0 Å². The Morgan fingerprint density at radius 1 is 1.36 bits per heavy atom. The molecule has 1 aliphatic heterocycles. The number of ether oxygens (including phenoxy) is 2. The van der Waals surface area contributed by atoms with Crippen LogP contribution in [0.1, 0.15) is 32.1 Å². The fourth-order valence-electron chi connectivity index (χ4n) is 1.36. The molecule has 1 N–H and O–H groups in total. The minimum atomic E-state index is -0.0490. The molecule has 80 valence electrons. The average molecular weight is 198 g/mol. The number of rotatable bonds is 4. The Labute approximate surface area is 85.4 Å². The molecule has 0 aromatic rings. The first-order valence-electron chi connectivity index (χ1n) is 5.23. The summed E-state index contributed by atoms with van der Waals surface area (Å²) in [5.41, 5.74) is 0. The largest absolute Gasteiger partial charge is 0.384 e. The maximum absolute atomic E-state index is 8.40. The quantitative estimate of drug-likeness (QED) is 0.546. The summed E-state index contributed by atoms with van der Waals surface area (Å²) < 4.78 is 10.9. The first kappa shape index (κ1) is 11.5. The molecule has 3 heteroatoms. The Kier molecular flexibility index (Phi) is 6.42. The van der Waals surface area contributed by atoms with Crippen molar-refractivity contribution in [2.24, 2.45) is 0 Å². The van der Waals surface area contributed by atoms with Gasteiger partial charge in [-0.3, -0.25) is 0 Å². The number of aliphatic hydroxyl groups excluding tert-OH is 1. The summed E-state index contributed by atoms with van der Waals surface area (Å²) in [5, 5.41) is 8.40. The van der Waals surface area contributed by atoms with Crippen molar-refractivity contribution in [2.75, 3.05) is 19.8 Å². The van der Waals surface area contributed by atoms with Crippen LogP contribution in [0.25, 0.3) is 0 Å². The molecule has 0 radical (unpaired) electrons. The Bertz CT molecular complexity index is 186. The van der Waals surface area contributed by atoms with Gasteiger partial charge in [0.2, 0.25) is 0 Å². The van der Waals surface area contributed by atoms with Gasteiger partial charge in [0.15, 0.2) is 6.29 Å². The summed E-state index contributed by atoms with van der Waals surface area (Å²) in [7, 11) is 0. The van der Waals surface area contributed by atoms with Gasteiger partial charge in [-0.15, -0.1) is 5.92 Å². The first-order chi connectivity index (χ1) is 6.93. The van der Waals surface area contributed by atoms with Crippen LogP contribution in [0.3, 0.4) is 0 Å². The van der Waals surface area contributed by atoms with Crippen molar-refractivity contribution < 1.29 is 14.6 Å². The van der Waals surface area contributed by atoms with Crippen LogP contribution in [-0.4, -0.2) is 31.2 Å². The molecular formula is C11H18O3. The minimum Gasteiger partial charge on any atom is -0.384 e. The lowest BCUT2D eigenvalue weighted by Gasteiger charge is -2.22. The topological polar surface area (TPSA) is 38.7 Å². The van der Waals surface area contributed by atoms with Crippen LogP contribution in [0.2, 0.25) is 0 Å². The Morgan fingerprint density at radius 2 is 2.29 bits per heavy atom. The van der Waals surface area contributed by atoms with Gasteiger partial charge in [0.25, 0.3) is 0 Å². The van der Waals surface area contributed by atoms with Crippen molar-refractivity contribution in [1.29, 1.82) is 0 Å². The zero-order valence-electron chi connectivity index (χ0n) is 8.50. The summed E-state index contributed by atoms with van der Waals surface area (Å²) in [4.78, 5) is 0. The monoisotopic (exact) mass is 198 g/mol. The molecule has 1 heterocycles. The van der Waals surface area contributed by atoms with E-state index in [1.165, 1.54) is 6.42 Å². The predicted molar refractivity (Wildman–Crippen MR) is 53.6 cm³/mol. The third-order valence-corrected chi connectivity index (χ3v) is 2.09. The van der Waals surface area contributed by atoms with E-state index in [0.717, 1.165) is 32.3 Å². The lowest BCUT2D eigenvalue weighted by atomic mass is 10.2. The number of hydrogen-bond acceptors (Lipinski definition) is 3. The molecule has 0 aromatic carbocycles. The van der Waals surface area contributed by atoms with Crippen molar-refractivity contribution in [3.05, 3.63) is 0 Å². The van der Waals surface area contributed by atoms with Crippen molar-refractivity contribution in [2.45, 2.75) is 38.4 Å². The van der Waals surface area contributed by atoms with Crippen LogP contribution < -0.4 is 0 Å². The normalized spacial score (nSPS) is 21.4. The molecule has 1 aliphatic rings. The Balaban J connectivity index is 1.92. The highest BCUT2D eigenvalue weighted by Gasteiger charge is 2.12. The summed E-state index contributed by atoms with van der Waals surface area (Å²) in [6.45, 7) is 1.48. The second-order valence-corrected chi connectivity index (χ2v) is 3.28. The number of hydrogen-bond donors (Lipinski definition) is 1. The molecule has 1 atom stereocenters. The van der Waals surface area contributed by atoms with Gasteiger partial charge in [-0.05, 0) is 25.7 Å². The minimum absolute atomic E-state index is 0.00884. The molecule has 1 unspecified atom stereocenters. The lowest BCUT2D eigenvalue weighted by Crippen LogP contribution is -2.22. The highest BCUT2D eigenvalue weighted by Crippen LogP contribution is 2.13. The third-order valence-electron chi connectivity index (χ3n) is 2.09. The van der Waals surface area contributed by atoms with Gasteiger partial charge in [0, 0.05) is 13.0 Å². The zero-order valence-corrected chi connectivity index (χ0v) is 8.50. The fourth-order valence-corrected chi connectivity index (χ4v) is 1.36. The molecule has 0 spiro atoms. The van der Waals surface area contributed by atoms with E-state index in [-0.39, 0.29) is 12.9 Å². The Morgan fingerprint density at radius 3 is 3.00 bits per heavy atom. The SMILES string of the molecule is OCC#CCCCOC1CCCCO1. The fraction of sp³-hybridized carbons (Fsp3) is 0.818. The summed E-state index contributed by atoms with van der Waals surface area (Å²) >= 11 is 0. The predicted octanol–water partition coefficient (Wildman–Crippen LogP) is 1.31. The molecule has 0 saturated carbocycles. The van der Waals surface area contributed by atoms with Gasteiger partial charge in [0.05, 0.1) is 6.61 Å². The molecule has 1 fully saturated rings. The molecule has 1 rings (SSSR count). The number of unbranched alkanes of at least 4 members (excludes halogenated alkanes) is 1. The maximum atomic E-state index is 8.40. The smallest absolute Gasteiger partial charge is 0.157 e. The molecule has 0 bridgehead atoms. The second kappa shape index (κ2) is 7.81. The van der Waals surface area contributed by atoms with Crippen molar-refractivity contribution in [3.8, 4) is 11.8 Å². The first-order valence-corrected chi connectivity index (χ1v) is 5.23. The molecule has 14 heavy (non-hydrogen) atoms. The van der Waals surface area contributed by atoms with Gasteiger partial charge < -0.3 is 14.6 Å². The molecule has 0 amide bonds. The standard InChI is InChI=1S/C11H18O3/c12-8-4-1-2-5-9-13-11-7-3-6-10-14-11/h11-12H,2-3,5-10H2. The summed E-state index contributed by atoms with van der Waals surface area (Å²) in [6, 6.07) is 0. The highest BCUT2D eigenvalue weighted by atomic mass is 16.7. The van der Waals surface area contributed by atoms with E-state index < -0.39 is 0 Å². The van der Waals surface area contributed by atoms with Gasteiger partial charge in [0.1, 0.15) is 6.61 Å². The zero-order chi connectivity index (χ0) is 10.1. The van der Waals surface area contributed by atoms with E-state index in [9.17, 15) is 0 Å². The van der Waals surface area contributed by atoms with Gasteiger partial charge >= 0.3 is 0 Å². The van der Waals surface area contributed by atoms with Crippen molar-refractivity contribution in [3.63, 3.8) is 0 Å². The second-order valence-electron chi connectivity index (χ2n) is 3.28. The van der Waals surface area contributed by atoms with E-state index in [0.29, 0.717) is 6.61 Å². The van der Waals surface area contributed by atoms with Crippen LogP contribution in [-0.2, 0) is 9.47 Å². The van der Waals surface area contributed by atoms with E-state index in [1.54, 1.807) is 0 Å². The van der Waals surface area contributed by atoms with E-state index in [4.69, 9.17) is 14.6 Å². The van der Waals surface area contributed by atoms with Gasteiger partial charge in [-0.2, -0.15) is 0 Å². The lowest BCUT2D eigenvalue weighted by molar-refractivity contribution is -0.162. The maximum Gasteiger partial charge on any atom is 0.157 e. The van der Waals surface area contributed by atoms with E-state index in [2.05, 4.69) is 11.8 Å². The molecular weight excluding hydrogens is 180 g/mol. The Hall–Kier alpha value is -0.560. The highest BCUT2D eigenvalue weighted by molar-refractivity contribution is 4.98. The molecule has 0 aliphatic carbocycles. The van der Waals surface area contributed by atoms with E-state index in [1.807, 2.05) is 0 Å². The summed E-state index contributed by atoms with van der Waals surface area (Å²) in [5.74, 6) is 5.46. The van der Waals surface area contributed by atoms with Crippen molar-refractivity contribution in [1.82, 2.24) is 0 Å². The average Bonchev–Trinajstić information content (AvgIpc) is 2.25. The molecule has 1 saturated heterocycles. The summed E-state index contributed by atoms with van der Waals surface area (Å²) in [6.07, 6.45) is 5.08. The van der Waals surface area contributed by atoms with Crippen LogP contribution in [0, 0.1) is 11.8 Å². The molecule has 3 nitrogen and oxygen atoms in total.